The summed E-state index contributed by atoms with van der Waals surface area (Å²) in [7, 11) is 0. The zero-order chi connectivity index (χ0) is 29.1. The predicted molar refractivity (Wildman–Crippen MR) is 155 cm³/mol. The molecule has 0 saturated heterocycles. The number of nitrogens with zero attached hydrogens (tertiary/aromatic N) is 3. The van der Waals surface area contributed by atoms with E-state index in [9.17, 15) is 14.7 Å². The molecule has 0 amide bonds. The third-order valence-corrected chi connectivity index (χ3v) is 7.16. The number of halogens is 1. The first-order valence-corrected chi connectivity index (χ1v) is 13.6. The van der Waals surface area contributed by atoms with Crippen LogP contribution in [0.1, 0.15) is 61.0 Å². The number of aliphatic hydroxyl groups excluding tert-OH is 1. The molecule has 0 aliphatic rings. The van der Waals surface area contributed by atoms with Crippen LogP contribution in [0.4, 0.5) is 4.39 Å². The molecule has 0 saturated carbocycles. The second-order valence-corrected chi connectivity index (χ2v) is 10.1. The average Bonchev–Trinajstić information content (AvgIpc) is 3.40. The molecule has 8 nitrogen and oxygen atoms in total. The van der Waals surface area contributed by atoms with Gasteiger partial charge in [0, 0.05) is 17.5 Å². The summed E-state index contributed by atoms with van der Waals surface area (Å²) in [5.74, 6) is -0.354. The van der Waals surface area contributed by atoms with Gasteiger partial charge >= 0.3 is 5.76 Å². The fourth-order valence-corrected chi connectivity index (χ4v) is 5.01. The normalized spacial score (nSPS) is 12.0. The molecule has 0 fully saturated rings. The van der Waals surface area contributed by atoms with Crippen molar-refractivity contribution in [2.75, 3.05) is 0 Å². The smallest absolute Gasteiger partial charge is 0.389 e. The fraction of sp³-hybridized carbons (Fsp3) is 0.250. The topological polar surface area (TPSA) is 114 Å². The van der Waals surface area contributed by atoms with Crippen LogP contribution in [0.3, 0.4) is 0 Å². The Morgan fingerprint density at radius 1 is 1.05 bits per heavy atom. The number of unbranched alkanes of at least 4 members (excludes halogenated alkanes) is 1. The first-order valence-electron chi connectivity index (χ1n) is 13.6. The lowest BCUT2D eigenvalue weighted by atomic mass is 9.95. The van der Waals surface area contributed by atoms with Crippen molar-refractivity contribution in [3.8, 4) is 28.2 Å². The quantitative estimate of drug-likeness (QED) is 0.242. The van der Waals surface area contributed by atoms with Crippen LogP contribution in [-0.4, -0.2) is 24.8 Å². The molecule has 5 aromatic rings. The standard InChI is InChI=1S/C32H31FN4O4/c1-4-5-13-29-27(31(39)37(20(3)34-29)24-10-8-9-21(16-24)19(2)38)17-23-15-14-22(18-28(23)33)25-11-6-7-12-26(25)30-35-32(40)41-36-30/h6-12,14-16,18-19,38H,4-5,13,17H2,1-3H3,(H,35,36,40). The second-order valence-electron chi connectivity index (χ2n) is 10.1. The van der Waals surface area contributed by atoms with Crippen LogP contribution < -0.4 is 11.3 Å². The molecular formula is C32H31FN4O4. The molecule has 0 aliphatic carbocycles. The maximum atomic E-state index is 15.7. The predicted octanol–water partition coefficient (Wildman–Crippen LogP) is 5.68. The minimum Gasteiger partial charge on any atom is -0.389 e. The largest absolute Gasteiger partial charge is 0.439 e. The lowest BCUT2D eigenvalue weighted by Crippen LogP contribution is -2.28. The van der Waals surface area contributed by atoms with E-state index in [1.54, 1.807) is 62.4 Å². The highest BCUT2D eigenvalue weighted by Gasteiger charge is 2.19. The minimum absolute atomic E-state index is 0.0750. The van der Waals surface area contributed by atoms with Crippen molar-refractivity contribution in [1.29, 1.82) is 0 Å². The van der Waals surface area contributed by atoms with E-state index in [2.05, 4.69) is 21.6 Å². The number of aromatic nitrogens is 4. The van der Waals surface area contributed by atoms with Gasteiger partial charge in [0.2, 0.25) is 0 Å². The summed E-state index contributed by atoms with van der Waals surface area (Å²) < 4.78 is 21.8. The van der Waals surface area contributed by atoms with Crippen LogP contribution in [0.5, 0.6) is 0 Å². The monoisotopic (exact) mass is 554 g/mol. The van der Waals surface area contributed by atoms with Gasteiger partial charge in [-0.2, -0.15) is 0 Å². The Bertz CT molecular complexity index is 1820. The van der Waals surface area contributed by atoms with E-state index < -0.39 is 17.7 Å². The van der Waals surface area contributed by atoms with E-state index in [0.29, 0.717) is 57.0 Å². The van der Waals surface area contributed by atoms with Crippen molar-refractivity contribution in [3.05, 3.63) is 122 Å². The van der Waals surface area contributed by atoms with Gasteiger partial charge in [-0.15, -0.1) is 0 Å². The molecule has 2 aromatic heterocycles. The number of aromatic amines is 1. The number of hydrogen-bond acceptors (Lipinski definition) is 6. The molecule has 41 heavy (non-hydrogen) atoms. The molecule has 9 heteroatoms. The Hall–Kier alpha value is -4.63. The van der Waals surface area contributed by atoms with Gasteiger partial charge in [0.1, 0.15) is 11.6 Å². The van der Waals surface area contributed by atoms with E-state index in [4.69, 9.17) is 4.98 Å². The van der Waals surface area contributed by atoms with E-state index >= 15 is 4.39 Å². The number of hydrogen-bond donors (Lipinski definition) is 2. The lowest BCUT2D eigenvalue weighted by Gasteiger charge is -2.17. The summed E-state index contributed by atoms with van der Waals surface area (Å²) >= 11 is 0. The molecular weight excluding hydrogens is 523 g/mol. The molecule has 0 bridgehead atoms. The van der Waals surface area contributed by atoms with Crippen LogP contribution in [-0.2, 0) is 12.8 Å². The van der Waals surface area contributed by atoms with E-state index in [1.807, 2.05) is 12.1 Å². The highest BCUT2D eigenvalue weighted by Crippen LogP contribution is 2.31. The average molecular weight is 555 g/mol. The van der Waals surface area contributed by atoms with Gasteiger partial charge in [0.15, 0.2) is 5.82 Å². The van der Waals surface area contributed by atoms with Gasteiger partial charge in [-0.3, -0.25) is 18.9 Å². The third-order valence-electron chi connectivity index (χ3n) is 7.16. The number of benzene rings is 3. The van der Waals surface area contributed by atoms with Crippen molar-refractivity contribution in [1.82, 2.24) is 19.7 Å². The van der Waals surface area contributed by atoms with Crippen LogP contribution in [0, 0.1) is 12.7 Å². The van der Waals surface area contributed by atoms with E-state index in [0.717, 1.165) is 12.8 Å². The van der Waals surface area contributed by atoms with E-state index in [1.165, 1.54) is 10.6 Å². The molecule has 0 aliphatic heterocycles. The minimum atomic E-state index is -0.690. The molecule has 2 N–H and O–H groups in total. The van der Waals surface area contributed by atoms with Crippen LogP contribution in [0.15, 0.2) is 80.8 Å². The lowest BCUT2D eigenvalue weighted by molar-refractivity contribution is 0.199. The number of nitrogens with one attached hydrogen (secondary N) is 1. The van der Waals surface area contributed by atoms with Gasteiger partial charge in [0.25, 0.3) is 5.56 Å². The van der Waals surface area contributed by atoms with Crippen LogP contribution >= 0.6 is 0 Å². The molecule has 210 valence electrons. The Balaban J connectivity index is 1.57. The SMILES string of the molecule is CCCCc1nc(C)n(-c2cccc(C(C)O)c2)c(=O)c1Cc1ccc(-c2ccccc2-c2noc(=O)[nH]2)cc1F. The number of rotatable bonds is 9. The van der Waals surface area contributed by atoms with E-state index in [-0.39, 0.29) is 17.8 Å². The van der Waals surface area contributed by atoms with Crippen molar-refractivity contribution in [3.63, 3.8) is 0 Å². The molecule has 1 atom stereocenters. The summed E-state index contributed by atoms with van der Waals surface area (Å²) in [5, 5.41) is 13.8. The van der Waals surface area contributed by atoms with Crippen molar-refractivity contribution < 1.29 is 14.0 Å². The first-order chi connectivity index (χ1) is 19.8. The second kappa shape index (κ2) is 11.9. The Morgan fingerprint density at radius 3 is 2.51 bits per heavy atom. The first kappa shape index (κ1) is 27.9. The molecule has 0 spiro atoms. The molecule has 2 heterocycles. The Labute approximate surface area is 236 Å². The van der Waals surface area contributed by atoms with Crippen LogP contribution in [0.25, 0.3) is 28.2 Å². The van der Waals surface area contributed by atoms with Gasteiger partial charge in [0.05, 0.1) is 17.5 Å². The summed E-state index contributed by atoms with van der Waals surface area (Å²) in [5.41, 5.74) is 4.36. The van der Waals surface area contributed by atoms with Gasteiger partial charge < -0.3 is 5.11 Å². The fourth-order valence-electron chi connectivity index (χ4n) is 5.01. The Kier molecular flexibility index (Phi) is 8.07. The van der Waals surface area contributed by atoms with Crippen molar-refractivity contribution in [2.24, 2.45) is 0 Å². The van der Waals surface area contributed by atoms with Crippen molar-refractivity contribution in [2.45, 2.75) is 52.6 Å². The zero-order valence-corrected chi connectivity index (χ0v) is 23.1. The van der Waals surface area contributed by atoms with Gasteiger partial charge in [-0.25, -0.2) is 14.2 Å². The van der Waals surface area contributed by atoms with Gasteiger partial charge in [-0.1, -0.05) is 67.0 Å². The Morgan fingerprint density at radius 2 is 1.83 bits per heavy atom. The molecule has 1 unspecified atom stereocenters. The third kappa shape index (κ3) is 5.81. The highest BCUT2D eigenvalue weighted by atomic mass is 19.1. The number of aliphatic hydroxyl groups is 1. The maximum absolute atomic E-state index is 15.7. The number of aryl methyl sites for hydroxylation is 2. The maximum Gasteiger partial charge on any atom is 0.439 e. The molecule has 5 rings (SSSR count). The van der Waals surface area contributed by atoms with Gasteiger partial charge in [-0.05, 0) is 67.1 Å². The summed E-state index contributed by atoms with van der Waals surface area (Å²) in [4.78, 5) is 32.8. The summed E-state index contributed by atoms with van der Waals surface area (Å²) in [6, 6.07) is 19.2. The van der Waals surface area contributed by atoms with Crippen LogP contribution in [0.2, 0.25) is 0 Å². The summed E-state index contributed by atoms with van der Waals surface area (Å²) in [6.45, 7) is 5.52. The molecule has 3 aromatic carbocycles. The molecule has 0 radical (unpaired) electrons. The van der Waals surface area contributed by atoms with Crippen molar-refractivity contribution >= 4 is 0 Å². The zero-order valence-electron chi connectivity index (χ0n) is 23.1. The summed E-state index contributed by atoms with van der Waals surface area (Å²) in [6.07, 6.45) is 1.77. The number of H-pyrrole nitrogens is 1. The highest BCUT2D eigenvalue weighted by molar-refractivity contribution is 5.80.